The van der Waals surface area contributed by atoms with E-state index in [-0.39, 0.29) is 18.8 Å². The Hall–Kier alpha value is -0.160. The molecule has 1 aliphatic carbocycles. The summed E-state index contributed by atoms with van der Waals surface area (Å²) in [7, 11) is 0. The molecule has 3 atom stereocenters. The SMILES string of the molecule is OCC1COCCN1CC1CCCCCC1O. The molecule has 2 rings (SSSR count). The van der Waals surface area contributed by atoms with Gasteiger partial charge in [-0.15, -0.1) is 0 Å². The largest absolute Gasteiger partial charge is 0.395 e. The number of hydrogen-bond donors (Lipinski definition) is 2. The van der Waals surface area contributed by atoms with Gasteiger partial charge < -0.3 is 14.9 Å². The van der Waals surface area contributed by atoms with Gasteiger partial charge in [-0.05, 0) is 18.8 Å². The van der Waals surface area contributed by atoms with Gasteiger partial charge in [0, 0.05) is 13.1 Å². The molecule has 1 saturated heterocycles. The Morgan fingerprint density at radius 2 is 2.00 bits per heavy atom. The Morgan fingerprint density at radius 1 is 1.18 bits per heavy atom. The monoisotopic (exact) mass is 243 g/mol. The van der Waals surface area contributed by atoms with E-state index < -0.39 is 0 Å². The smallest absolute Gasteiger partial charge is 0.0644 e. The second-order valence-corrected chi connectivity index (χ2v) is 5.37. The van der Waals surface area contributed by atoms with Gasteiger partial charge >= 0.3 is 0 Å². The summed E-state index contributed by atoms with van der Waals surface area (Å²) >= 11 is 0. The Morgan fingerprint density at radius 3 is 2.82 bits per heavy atom. The molecule has 3 unspecified atom stereocenters. The van der Waals surface area contributed by atoms with Crippen molar-refractivity contribution in [3.63, 3.8) is 0 Å². The van der Waals surface area contributed by atoms with Gasteiger partial charge in [0.1, 0.15) is 0 Å². The fraction of sp³-hybridized carbons (Fsp3) is 1.00. The van der Waals surface area contributed by atoms with Gasteiger partial charge in [0.15, 0.2) is 0 Å². The molecule has 2 fully saturated rings. The summed E-state index contributed by atoms with van der Waals surface area (Å²) in [6, 6.07) is 0.124. The van der Waals surface area contributed by atoms with Crippen LogP contribution in [0.5, 0.6) is 0 Å². The lowest BCUT2D eigenvalue weighted by molar-refractivity contribution is -0.0439. The third-order valence-electron chi connectivity index (χ3n) is 4.15. The number of ether oxygens (including phenoxy) is 1. The van der Waals surface area contributed by atoms with Gasteiger partial charge in [-0.3, -0.25) is 4.90 Å². The lowest BCUT2D eigenvalue weighted by Gasteiger charge is -2.37. The van der Waals surface area contributed by atoms with Crippen LogP contribution in [-0.2, 0) is 4.74 Å². The summed E-state index contributed by atoms with van der Waals surface area (Å²) in [4.78, 5) is 2.29. The molecule has 17 heavy (non-hydrogen) atoms. The predicted octanol–water partition coefficient (Wildman–Crippen LogP) is 0.621. The molecule has 1 aliphatic heterocycles. The highest BCUT2D eigenvalue weighted by molar-refractivity contribution is 4.81. The minimum Gasteiger partial charge on any atom is -0.395 e. The van der Waals surface area contributed by atoms with Gasteiger partial charge in [0.2, 0.25) is 0 Å². The van der Waals surface area contributed by atoms with Gasteiger partial charge in [-0.1, -0.05) is 19.3 Å². The van der Waals surface area contributed by atoms with Crippen LogP contribution in [0.4, 0.5) is 0 Å². The molecule has 0 radical (unpaired) electrons. The first kappa shape index (κ1) is 13.3. The maximum atomic E-state index is 10.1. The van der Waals surface area contributed by atoms with Crippen LogP contribution >= 0.6 is 0 Å². The molecule has 2 aliphatic rings. The molecule has 1 saturated carbocycles. The molecule has 0 spiro atoms. The predicted molar refractivity (Wildman–Crippen MR) is 65.8 cm³/mol. The van der Waals surface area contributed by atoms with Crippen molar-refractivity contribution in [2.45, 2.75) is 44.2 Å². The van der Waals surface area contributed by atoms with Gasteiger partial charge in [-0.25, -0.2) is 0 Å². The number of hydrogen-bond acceptors (Lipinski definition) is 4. The second-order valence-electron chi connectivity index (χ2n) is 5.37. The molecule has 2 N–H and O–H groups in total. The van der Waals surface area contributed by atoms with Crippen molar-refractivity contribution >= 4 is 0 Å². The van der Waals surface area contributed by atoms with Crippen molar-refractivity contribution in [3.05, 3.63) is 0 Å². The van der Waals surface area contributed by atoms with Crippen LogP contribution in [0.1, 0.15) is 32.1 Å². The van der Waals surface area contributed by atoms with E-state index in [2.05, 4.69) is 4.90 Å². The zero-order valence-electron chi connectivity index (χ0n) is 10.6. The number of morpholine rings is 1. The van der Waals surface area contributed by atoms with Crippen LogP contribution < -0.4 is 0 Å². The summed E-state index contributed by atoms with van der Waals surface area (Å²) in [6.45, 7) is 3.33. The van der Waals surface area contributed by atoms with E-state index in [9.17, 15) is 10.2 Å². The molecule has 4 nitrogen and oxygen atoms in total. The van der Waals surface area contributed by atoms with Gasteiger partial charge in [-0.2, -0.15) is 0 Å². The molecule has 0 bridgehead atoms. The van der Waals surface area contributed by atoms with Crippen molar-refractivity contribution in [1.29, 1.82) is 0 Å². The highest BCUT2D eigenvalue weighted by atomic mass is 16.5. The quantitative estimate of drug-likeness (QED) is 0.714. The zero-order chi connectivity index (χ0) is 12.1. The van der Waals surface area contributed by atoms with Crippen molar-refractivity contribution in [3.8, 4) is 0 Å². The number of rotatable bonds is 3. The maximum absolute atomic E-state index is 10.1. The molecule has 4 heteroatoms. The molecule has 0 aromatic heterocycles. The molecular weight excluding hydrogens is 218 g/mol. The Labute approximate surface area is 104 Å². The lowest BCUT2D eigenvalue weighted by atomic mass is 9.96. The van der Waals surface area contributed by atoms with Crippen molar-refractivity contribution in [2.75, 3.05) is 32.9 Å². The number of aliphatic hydroxyl groups excluding tert-OH is 2. The standard InChI is InChI=1S/C13H25NO3/c15-9-12-10-17-7-6-14(12)8-11-4-2-1-3-5-13(11)16/h11-13,15-16H,1-10H2. The summed E-state index contributed by atoms with van der Waals surface area (Å²) in [6.07, 6.45) is 5.55. The third kappa shape index (κ3) is 3.65. The topological polar surface area (TPSA) is 52.9 Å². The van der Waals surface area contributed by atoms with E-state index >= 15 is 0 Å². The third-order valence-corrected chi connectivity index (χ3v) is 4.15. The fourth-order valence-electron chi connectivity index (χ4n) is 2.98. The first-order chi connectivity index (χ1) is 8.31. The molecule has 0 aromatic carbocycles. The summed E-state index contributed by atoms with van der Waals surface area (Å²) in [5, 5.41) is 19.4. The van der Waals surface area contributed by atoms with E-state index in [4.69, 9.17) is 4.74 Å². The lowest BCUT2D eigenvalue weighted by Crippen LogP contribution is -2.50. The Balaban J connectivity index is 1.88. The summed E-state index contributed by atoms with van der Waals surface area (Å²) in [5.41, 5.74) is 0. The highest BCUT2D eigenvalue weighted by Crippen LogP contribution is 2.25. The molecular formula is C13H25NO3. The van der Waals surface area contributed by atoms with Crippen LogP contribution in [-0.4, -0.2) is 60.2 Å². The van der Waals surface area contributed by atoms with Crippen LogP contribution in [0, 0.1) is 5.92 Å². The van der Waals surface area contributed by atoms with Crippen LogP contribution in [0.3, 0.4) is 0 Å². The van der Waals surface area contributed by atoms with Gasteiger partial charge in [0.05, 0.1) is 32.0 Å². The first-order valence-corrected chi connectivity index (χ1v) is 6.92. The van der Waals surface area contributed by atoms with E-state index in [1.807, 2.05) is 0 Å². The van der Waals surface area contributed by atoms with Crippen LogP contribution in [0.2, 0.25) is 0 Å². The van der Waals surface area contributed by atoms with E-state index in [0.717, 1.165) is 39.0 Å². The normalized spacial score (nSPS) is 36.7. The van der Waals surface area contributed by atoms with Crippen molar-refractivity contribution in [2.24, 2.45) is 5.92 Å². The Bertz CT molecular complexity index is 225. The second kappa shape index (κ2) is 6.69. The van der Waals surface area contributed by atoms with Crippen molar-refractivity contribution in [1.82, 2.24) is 4.90 Å². The minimum atomic E-state index is -0.153. The molecule has 1 heterocycles. The molecule has 100 valence electrons. The average molecular weight is 243 g/mol. The van der Waals surface area contributed by atoms with Crippen molar-refractivity contribution < 1.29 is 14.9 Å². The summed E-state index contributed by atoms with van der Waals surface area (Å²) < 4.78 is 5.38. The average Bonchev–Trinajstić information content (AvgIpc) is 2.56. The van der Waals surface area contributed by atoms with E-state index in [1.54, 1.807) is 0 Å². The Kier molecular flexibility index (Phi) is 5.22. The summed E-state index contributed by atoms with van der Waals surface area (Å²) in [5.74, 6) is 0.379. The molecule has 0 aromatic rings. The van der Waals surface area contributed by atoms with Crippen LogP contribution in [0.15, 0.2) is 0 Å². The highest BCUT2D eigenvalue weighted by Gasteiger charge is 2.28. The maximum Gasteiger partial charge on any atom is 0.0644 e. The van der Waals surface area contributed by atoms with Gasteiger partial charge in [0.25, 0.3) is 0 Å². The fourth-order valence-corrected chi connectivity index (χ4v) is 2.98. The van der Waals surface area contributed by atoms with Crippen LogP contribution in [0.25, 0.3) is 0 Å². The first-order valence-electron chi connectivity index (χ1n) is 6.92. The van der Waals surface area contributed by atoms with E-state index in [1.165, 1.54) is 12.8 Å². The minimum absolute atomic E-state index is 0.124. The number of aliphatic hydroxyl groups is 2. The zero-order valence-corrected chi connectivity index (χ0v) is 10.6. The number of nitrogens with zero attached hydrogens (tertiary/aromatic N) is 1. The molecule has 0 amide bonds. The van der Waals surface area contributed by atoms with E-state index in [0.29, 0.717) is 12.5 Å².